The SMILES string of the molecule is COc1c(N)cc(Br)c(F)c1F. The van der Waals surface area contributed by atoms with Crippen LogP contribution in [0.2, 0.25) is 0 Å². The number of nitrogens with two attached hydrogens (primary N) is 1. The normalized spacial score (nSPS) is 10.0. The van der Waals surface area contributed by atoms with Crippen molar-refractivity contribution in [1.82, 2.24) is 0 Å². The van der Waals surface area contributed by atoms with Gasteiger partial charge >= 0.3 is 0 Å². The molecular weight excluding hydrogens is 232 g/mol. The third-order valence-electron chi connectivity index (χ3n) is 1.35. The molecule has 0 aromatic heterocycles. The molecule has 0 unspecified atom stereocenters. The van der Waals surface area contributed by atoms with E-state index in [0.29, 0.717) is 0 Å². The lowest BCUT2D eigenvalue weighted by molar-refractivity contribution is 0.373. The Bertz CT molecular complexity index is 317. The molecular formula is C7H6BrF2NO. The number of halogens is 3. The van der Waals surface area contributed by atoms with Crippen LogP contribution in [0.25, 0.3) is 0 Å². The molecule has 66 valence electrons. The topological polar surface area (TPSA) is 35.2 Å². The molecule has 0 radical (unpaired) electrons. The lowest BCUT2D eigenvalue weighted by Gasteiger charge is -2.06. The number of anilines is 1. The second-order valence-electron chi connectivity index (χ2n) is 2.11. The van der Waals surface area contributed by atoms with Crippen molar-refractivity contribution in [3.8, 4) is 5.75 Å². The predicted molar refractivity (Wildman–Crippen MR) is 45.0 cm³/mol. The van der Waals surface area contributed by atoms with Crippen LogP contribution in [0.4, 0.5) is 14.5 Å². The molecule has 0 bridgehead atoms. The van der Waals surface area contributed by atoms with Gasteiger partial charge in [0.05, 0.1) is 17.3 Å². The average molecular weight is 238 g/mol. The summed E-state index contributed by atoms with van der Waals surface area (Å²) in [5, 5.41) is 0. The minimum atomic E-state index is -1.08. The molecule has 1 aromatic carbocycles. The molecule has 0 fully saturated rings. The highest BCUT2D eigenvalue weighted by atomic mass is 79.9. The summed E-state index contributed by atoms with van der Waals surface area (Å²) >= 11 is 2.81. The van der Waals surface area contributed by atoms with E-state index in [1.54, 1.807) is 0 Å². The lowest BCUT2D eigenvalue weighted by Crippen LogP contribution is -1.98. The van der Waals surface area contributed by atoms with Crippen LogP contribution in [0.3, 0.4) is 0 Å². The summed E-state index contributed by atoms with van der Waals surface area (Å²) in [5.74, 6) is -2.35. The number of benzene rings is 1. The molecule has 2 N–H and O–H groups in total. The second-order valence-corrected chi connectivity index (χ2v) is 2.96. The van der Waals surface area contributed by atoms with Crippen LogP contribution in [-0.2, 0) is 0 Å². The summed E-state index contributed by atoms with van der Waals surface area (Å²) in [6.07, 6.45) is 0. The van der Waals surface area contributed by atoms with Crippen molar-refractivity contribution in [2.24, 2.45) is 0 Å². The van der Waals surface area contributed by atoms with E-state index in [-0.39, 0.29) is 15.9 Å². The van der Waals surface area contributed by atoms with Gasteiger partial charge in [-0.3, -0.25) is 0 Å². The molecule has 12 heavy (non-hydrogen) atoms. The molecule has 0 heterocycles. The molecule has 0 aliphatic heterocycles. The largest absolute Gasteiger partial charge is 0.491 e. The van der Waals surface area contributed by atoms with Crippen molar-refractivity contribution < 1.29 is 13.5 Å². The number of hydrogen-bond donors (Lipinski definition) is 1. The number of rotatable bonds is 1. The highest BCUT2D eigenvalue weighted by Gasteiger charge is 2.15. The smallest absolute Gasteiger partial charge is 0.203 e. The Morgan fingerprint density at radius 2 is 2.00 bits per heavy atom. The lowest BCUT2D eigenvalue weighted by atomic mass is 10.3. The Labute approximate surface area is 76.4 Å². The summed E-state index contributed by atoms with van der Waals surface area (Å²) in [5.41, 5.74) is 5.40. The Hall–Kier alpha value is -0.840. The third-order valence-corrected chi connectivity index (χ3v) is 1.93. The number of ether oxygens (including phenoxy) is 1. The van der Waals surface area contributed by atoms with Crippen LogP contribution < -0.4 is 10.5 Å². The van der Waals surface area contributed by atoms with E-state index in [2.05, 4.69) is 20.7 Å². The number of nitrogen functional groups attached to an aromatic ring is 1. The molecule has 0 spiro atoms. The summed E-state index contributed by atoms with van der Waals surface area (Å²) in [4.78, 5) is 0. The molecule has 1 rings (SSSR count). The summed E-state index contributed by atoms with van der Waals surface area (Å²) < 4.78 is 30.2. The van der Waals surface area contributed by atoms with E-state index in [1.807, 2.05) is 0 Å². The molecule has 2 nitrogen and oxygen atoms in total. The van der Waals surface area contributed by atoms with Crippen LogP contribution in [0.5, 0.6) is 5.75 Å². The zero-order chi connectivity index (χ0) is 9.30. The van der Waals surface area contributed by atoms with Crippen LogP contribution in [-0.4, -0.2) is 7.11 Å². The van der Waals surface area contributed by atoms with Crippen LogP contribution in [0.1, 0.15) is 0 Å². The van der Waals surface area contributed by atoms with Crippen molar-refractivity contribution in [1.29, 1.82) is 0 Å². The van der Waals surface area contributed by atoms with Gasteiger partial charge in [0, 0.05) is 0 Å². The summed E-state index contributed by atoms with van der Waals surface area (Å²) in [6.45, 7) is 0. The molecule has 0 aliphatic carbocycles. The Kier molecular flexibility index (Phi) is 2.52. The van der Waals surface area contributed by atoms with Gasteiger partial charge in [0.1, 0.15) is 0 Å². The minimum Gasteiger partial charge on any atom is -0.491 e. The predicted octanol–water partition coefficient (Wildman–Crippen LogP) is 2.32. The zero-order valence-electron chi connectivity index (χ0n) is 6.20. The quantitative estimate of drug-likeness (QED) is 0.601. The second kappa shape index (κ2) is 3.26. The molecule has 0 saturated carbocycles. The van der Waals surface area contributed by atoms with E-state index < -0.39 is 11.6 Å². The Morgan fingerprint density at radius 3 is 2.50 bits per heavy atom. The maximum atomic E-state index is 12.9. The van der Waals surface area contributed by atoms with Gasteiger partial charge in [0.2, 0.25) is 5.82 Å². The third kappa shape index (κ3) is 1.36. The minimum absolute atomic E-state index is 0.0155. The van der Waals surface area contributed by atoms with Crippen molar-refractivity contribution in [3.05, 3.63) is 22.2 Å². The van der Waals surface area contributed by atoms with Crippen LogP contribution in [0, 0.1) is 11.6 Å². The molecule has 0 saturated heterocycles. The van der Waals surface area contributed by atoms with Gasteiger partial charge in [-0.05, 0) is 22.0 Å². The highest BCUT2D eigenvalue weighted by Crippen LogP contribution is 2.31. The zero-order valence-corrected chi connectivity index (χ0v) is 7.78. The van der Waals surface area contributed by atoms with Crippen LogP contribution >= 0.6 is 15.9 Å². The van der Waals surface area contributed by atoms with Crippen molar-refractivity contribution in [2.45, 2.75) is 0 Å². The summed E-state index contributed by atoms with van der Waals surface area (Å²) in [6, 6.07) is 1.25. The van der Waals surface area contributed by atoms with Gasteiger partial charge in [0.15, 0.2) is 11.6 Å². The van der Waals surface area contributed by atoms with Gasteiger partial charge in [-0.2, -0.15) is 4.39 Å². The fraction of sp³-hybridized carbons (Fsp3) is 0.143. The monoisotopic (exact) mass is 237 g/mol. The van der Waals surface area contributed by atoms with Gasteiger partial charge < -0.3 is 10.5 Å². The standard InChI is InChI=1S/C7H6BrF2NO/c1-12-7-4(11)2-3(8)5(9)6(7)10/h2H,11H2,1H3. The fourth-order valence-corrected chi connectivity index (χ4v) is 1.22. The number of methoxy groups -OCH3 is 1. The van der Waals surface area contributed by atoms with E-state index in [0.717, 1.165) is 0 Å². The van der Waals surface area contributed by atoms with Gasteiger partial charge in [-0.25, -0.2) is 4.39 Å². The van der Waals surface area contributed by atoms with Gasteiger partial charge in [0.25, 0.3) is 0 Å². The first-order valence-corrected chi connectivity index (χ1v) is 3.84. The maximum absolute atomic E-state index is 12.9. The first kappa shape index (κ1) is 9.25. The molecule has 5 heteroatoms. The van der Waals surface area contributed by atoms with Gasteiger partial charge in [-0.15, -0.1) is 0 Å². The highest BCUT2D eigenvalue weighted by molar-refractivity contribution is 9.10. The van der Waals surface area contributed by atoms with E-state index in [9.17, 15) is 8.78 Å². The van der Waals surface area contributed by atoms with Crippen LogP contribution in [0.15, 0.2) is 10.5 Å². The fourth-order valence-electron chi connectivity index (χ4n) is 0.804. The van der Waals surface area contributed by atoms with Crippen molar-refractivity contribution >= 4 is 21.6 Å². The van der Waals surface area contributed by atoms with Gasteiger partial charge in [-0.1, -0.05) is 0 Å². The first-order chi connectivity index (χ1) is 5.57. The van der Waals surface area contributed by atoms with E-state index >= 15 is 0 Å². The molecule has 1 aromatic rings. The van der Waals surface area contributed by atoms with E-state index in [1.165, 1.54) is 13.2 Å². The molecule has 0 atom stereocenters. The number of hydrogen-bond acceptors (Lipinski definition) is 2. The average Bonchev–Trinajstić information content (AvgIpc) is 2.01. The Balaban J connectivity index is 3.40. The van der Waals surface area contributed by atoms with Crippen molar-refractivity contribution in [2.75, 3.05) is 12.8 Å². The van der Waals surface area contributed by atoms with Crippen molar-refractivity contribution in [3.63, 3.8) is 0 Å². The van der Waals surface area contributed by atoms with E-state index in [4.69, 9.17) is 5.73 Å². The summed E-state index contributed by atoms with van der Waals surface area (Å²) in [7, 11) is 1.22. The first-order valence-electron chi connectivity index (χ1n) is 3.05. The molecule has 0 amide bonds. The molecule has 0 aliphatic rings. The Morgan fingerprint density at radius 1 is 1.42 bits per heavy atom. The maximum Gasteiger partial charge on any atom is 0.203 e.